The number of benzene rings is 3. The van der Waals surface area contributed by atoms with Crippen LogP contribution in [0.1, 0.15) is 22.3 Å². The summed E-state index contributed by atoms with van der Waals surface area (Å²) in [6.45, 7) is 0. The van der Waals surface area contributed by atoms with E-state index in [9.17, 15) is 0 Å². The van der Waals surface area contributed by atoms with E-state index in [4.69, 9.17) is 33.2 Å². The van der Waals surface area contributed by atoms with Gasteiger partial charge < -0.3 is 33.2 Å². The predicted octanol–water partition coefficient (Wildman–Crippen LogP) is 4.55. The average Bonchev–Trinajstić information content (AvgIpc) is 2.93. The van der Waals surface area contributed by atoms with Crippen LogP contribution in [0, 0.1) is 23.7 Å². The Morgan fingerprint density at radius 3 is 1.17 bits per heavy atom. The van der Waals surface area contributed by atoms with Crippen LogP contribution in [-0.4, -0.2) is 49.8 Å². The zero-order valence-corrected chi connectivity index (χ0v) is 21.4. The van der Waals surface area contributed by atoms with Gasteiger partial charge >= 0.3 is 0 Å². The fourth-order valence-corrected chi connectivity index (χ4v) is 3.40. The molecule has 0 fully saturated rings. The molecule has 0 N–H and O–H groups in total. The first-order valence-electron chi connectivity index (χ1n) is 10.8. The van der Waals surface area contributed by atoms with Crippen LogP contribution in [0.15, 0.2) is 42.5 Å². The third-order valence-corrected chi connectivity index (χ3v) is 5.22. The zero-order valence-electron chi connectivity index (χ0n) is 21.4. The van der Waals surface area contributed by atoms with E-state index in [0.717, 1.165) is 5.56 Å². The van der Waals surface area contributed by atoms with Gasteiger partial charge in [0.05, 0.1) is 49.8 Å². The second kappa shape index (κ2) is 12.2. The van der Waals surface area contributed by atoms with Gasteiger partial charge in [0.15, 0.2) is 23.0 Å². The third-order valence-electron chi connectivity index (χ3n) is 5.22. The smallest absolute Gasteiger partial charge is 0.203 e. The van der Waals surface area contributed by atoms with Gasteiger partial charge in [-0.1, -0.05) is 23.7 Å². The lowest BCUT2D eigenvalue weighted by Crippen LogP contribution is -1.96. The molecule has 3 aromatic rings. The van der Waals surface area contributed by atoms with Gasteiger partial charge in [-0.05, 0) is 24.3 Å². The van der Waals surface area contributed by atoms with Crippen molar-refractivity contribution in [3.8, 4) is 63.9 Å². The van der Waals surface area contributed by atoms with Gasteiger partial charge in [0.2, 0.25) is 5.75 Å². The maximum Gasteiger partial charge on any atom is 0.203 e. The molecule has 0 saturated heterocycles. The molecule has 0 saturated carbocycles. The Bertz CT molecular complexity index is 1310. The molecule has 0 aliphatic carbocycles. The molecule has 0 radical (unpaired) electrons. The fourth-order valence-electron chi connectivity index (χ4n) is 3.40. The van der Waals surface area contributed by atoms with E-state index in [2.05, 4.69) is 23.7 Å². The first-order valence-corrected chi connectivity index (χ1v) is 10.8. The minimum absolute atomic E-state index is 0.497. The molecular weight excluding hydrogens is 460 g/mol. The van der Waals surface area contributed by atoms with E-state index in [-0.39, 0.29) is 0 Å². The molecule has 0 aliphatic rings. The molecule has 7 nitrogen and oxygen atoms in total. The molecule has 0 unspecified atom stereocenters. The normalized spacial score (nSPS) is 9.64. The standard InChI is InChI=1S/C29H28O7/c1-30-23-12-19(13-24(18-23)31-2)8-10-21-16-25(32-3)26(33-4)17-22(21)11-9-20-14-27(34-5)29(36-7)28(15-20)35-6/h12-18H,1-7H3. The van der Waals surface area contributed by atoms with Crippen LogP contribution in [-0.2, 0) is 0 Å². The van der Waals surface area contributed by atoms with Gasteiger partial charge in [-0.3, -0.25) is 0 Å². The lowest BCUT2D eigenvalue weighted by molar-refractivity contribution is 0.324. The van der Waals surface area contributed by atoms with Crippen molar-refractivity contribution in [2.45, 2.75) is 0 Å². The highest BCUT2D eigenvalue weighted by molar-refractivity contribution is 5.63. The van der Waals surface area contributed by atoms with E-state index >= 15 is 0 Å². The number of hydrogen-bond acceptors (Lipinski definition) is 7. The number of methoxy groups -OCH3 is 7. The SMILES string of the molecule is COc1cc(C#Cc2cc(OC)c(OC)cc2C#Cc2cc(OC)c(OC)c(OC)c2)cc(OC)c1. The van der Waals surface area contributed by atoms with Gasteiger partial charge in [-0.15, -0.1) is 0 Å². The number of ether oxygens (including phenoxy) is 7. The van der Waals surface area contributed by atoms with E-state index in [0.29, 0.717) is 56.9 Å². The maximum atomic E-state index is 5.48. The van der Waals surface area contributed by atoms with Crippen LogP contribution in [0.5, 0.6) is 40.2 Å². The van der Waals surface area contributed by atoms with Crippen molar-refractivity contribution in [3.63, 3.8) is 0 Å². The Balaban J connectivity index is 2.13. The average molecular weight is 489 g/mol. The molecule has 0 heterocycles. The molecule has 0 atom stereocenters. The highest BCUT2D eigenvalue weighted by Crippen LogP contribution is 2.38. The molecule has 36 heavy (non-hydrogen) atoms. The Kier molecular flexibility index (Phi) is 8.80. The van der Waals surface area contributed by atoms with Gasteiger partial charge in [0.1, 0.15) is 11.5 Å². The van der Waals surface area contributed by atoms with Crippen molar-refractivity contribution in [2.24, 2.45) is 0 Å². The van der Waals surface area contributed by atoms with Crippen molar-refractivity contribution >= 4 is 0 Å². The van der Waals surface area contributed by atoms with Crippen LogP contribution in [0.4, 0.5) is 0 Å². The van der Waals surface area contributed by atoms with E-state index < -0.39 is 0 Å². The number of rotatable bonds is 7. The molecule has 0 amide bonds. The van der Waals surface area contributed by atoms with Crippen molar-refractivity contribution in [1.29, 1.82) is 0 Å². The summed E-state index contributed by atoms with van der Waals surface area (Å²) < 4.78 is 37.9. The summed E-state index contributed by atoms with van der Waals surface area (Å²) in [6.07, 6.45) is 0. The van der Waals surface area contributed by atoms with Crippen molar-refractivity contribution < 1.29 is 33.2 Å². The second-order valence-corrected chi connectivity index (χ2v) is 7.27. The highest BCUT2D eigenvalue weighted by atomic mass is 16.5. The van der Waals surface area contributed by atoms with E-state index in [1.54, 1.807) is 80.1 Å². The Morgan fingerprint density at radius 1 is 0.389 bits per heavy atom. The summed E-state index contributed by atoms with van der Waals surface area (Å²) >= 11 is 0. The molecule has 0 spiro atoms. The van der Waals surface area contributed by atoms with Crippen LogP contribution in [0.25, 0.3) is 0 Å². The topological polar surface area (TPSA) is 64.6 Å². The van der Waals surface area contributed by atoms with E-state index in [1.807, 2.05) is 12.1 Å². The van der Waals surface area contributed by atoms with Crippen molar-refractivity contribution in [3.05, 3.63) is 64.7 Å². The van der Waals surface area contributed by atoms with E-state index in [1.165, 1.54) is 0 Å². The molecule has 0 aliphatic heterocycles. The summed E-state index contributed by atoms with van der Waals surface area (Å²) in [5, 5.41) is 0. The maximum absolute atomic E-state index is 5.48. The van der Waals surface area contributed by atoms with Crippen molar-refractivity contribution in [2.75, 3.05) is 49.8 Å². The van der Waals surface area contributed by atoms with Gasteiger partial charge in [-0.2, -0.15) is 0 Å². The zero-order chi connectivity index (χ0) is 26.1. The third kappa shape index (κ3) is 5.89. The molecule has 0 bridgehead atoms. The predicted molar refractivity (Wildman–Crippen MR) is 137 cm³/mol. The lowest BCUT2D eigenvalue weighted by atomic mass is 10.0. The monoisotopic (exact) mass is 488 g/mol. The lowest BCUT2D eigenvalue weighted by Gasteiger charge is -2.12. The first kappa shape index (κ1) is 26.0. The van der Waals surface area contributed by atoms with Gasteiger partial charge in [0, 0.05) is 40.5 Å². The number of hydrogen-bond donors (Lipinski definition) is 0. The molecule has 3 rings (SSSR count). The molecule has 3 aromatic carbocycles. The van der Waals surface area contributed by atoms with Crippen LogP contribution in [0.2, 0.25) is 0 Å². The van der Waals surface area contributed by atoms with Crippen LogP contribution >= 0.6 is 0 Å². The summed E-state index contributed by atoms with van der Waals surface area (Å²) in [5.74, 6) is 16.6. The molecule has 186 valence electrons. The quantitative estimate of drug-likeness (QED) is 0.452. The summed E-state index contributed by atoms with van der Waals surface area (Å²) in [6, 6.07) is 12.6. The minimum Gasteiger partial charge on any atom is -0.497 e. The largest absolute Gasteiger partial charge is 0.497 e. The Labute approximate surface area is 211 Å². The first-order chi connectivity index (χ1) is 17.5. The second-order valence-electron chi connectivity index (χ2n) is 7.27. The van der Waals surface area contributed by atoms with Gasteiger partial charge in [0.25, 0.3) is 0 Å². The summed E-state index contributed by atoms with van der Waals surface area (Å²) in [4.78, 5) is 0. The highest BCUT2D eigenvalue weighted by Gasteiger charge is 2.13. The van der Waals surface area contributed by atoms with Gasteiger partial charge in [-0.25, -0.2) is 0 Å². The molecule has 0 aromatic heterocycles. The van der Waals surface area contributed by atoms with Crippen LogP contribution < -0.4 is 33.2 Å². The van der Waals surface area contributed by atoms with Crippen LogP contribution in [0.3, 0.4) is 0 Å². The fraction of sp³-hybridized carbons (Fsp3) is 0.241. The summed E-state index contributed by atoms with van der Waals surface area (Å²) in [5.41, 5.74) is 2.72. The molecule has 7 heteroatoms. The molecular formula is C29H28O7. The summed E-state index contributed by atoms with van der Waals surface area (Å²) in [7, 11) is 11.0. The minimum atomic E-state index is 0.497. The van der Waals surface area contributed by atoms with Crippen molar-refractivity contribution in [1.82, 2.24) is 0 Å². The Hall–Kier alpha value is -4.62. The Morgan fingerprint density at radius 2 is 0.806 bits per heavy atom.